The van der Waals surface area contributed by atoms with Crippen LogP contribution in [-0.4, -0.2) is 87.3 Å². The highest BCUT2D eigenvalue weighted by atomic mass is 19.1. The number of hydrogen-bond acceptors (Lipinski definition) is 8. The van der Waals surface area contributed by atoms with Crippen molar-refractivity contribution in [3.8, 4) is 0 Å². The van der Waals surface area contributed by atoms with Gasteiger partial charge in [0.15, 0.2) is 0 Å². The van der Waals surface area contributed by atoms with Gasteiger partial charge in [-0.2, -0.15) is 5.10 Å². The second-order valence-corrected chi connectivity index (χ2v) is 14.3. The number of imide groups is 1. The van der Waals surface area contributed by atoms with Crippen molar-refractivity contribution in [2.45, 2.75) is 51.4 Å². The van der Waals surface area contributed by atoms with E-state index in [9.17, 15) is 19.2 Å². The van der Waals surface area contributed by atoms with Gasteiger partial charge in [0, 0.05) is 73.7 Å². The van der Waals surface area contributed by atoms with Crippen LogP contribution in [0.15, 0.2) is 73.1 Å². The van der Waals surface area contributed by atoms with Gasteiger partial charge in [0.1, 0.15) is 22.9 Å². The summed E-state index contributed by atoms with van der Waals surface area (Å²) in [5, 5.41) is 13.3. The van der Waals surface area contributed by atoms with Crippen LogP contribution in [0.2, 0.25) is 0 Å². The average Bonchev–Trinajstić information content (AvgIpc) is 3.79. The lowest BCUT2D eigenvalue weighted by Gasteiger charge is -2.38. The van der Waals surface area contributed by atoms with Gasteiger partial charge in [0.2, 0.25) is 5.91 Å². The molecule has 1 atom stereocenters. The first-order valence-corrected chi connectivity index (χ1v) is 18.2. The Labute approximate surface area is 310 Å². The van der Waals surface area contributed by atoms with Crippen LogP contribution in [0.5, 0.6) is 0 Å². The van der Waals surface area contributed by atoms with Crippen LogP contribution in [0.3, 0.4) is 0 Å². The lowest BCUT2D eigenvalue weighted by atomic mass is 10.0. The molecule has 5 aromatic rings. The van der Waals surface area contributed by atoms with Crippen molar-refractivity contribution in [3.63, 3.8) is 0 Å². The molecule has 3 N–H and O–H groups in total. The summed E-state index contributed by atoms with van der Waals surface area (Å²) in [6, 6.07) is 18.3. The normalized spacial score (nSPS) is 17.9. The third-order valence-corrected chi connectivity index (χ3v) is 10.6. The predicted molar refractivity (Wildman–Crippen MR) is 201 cm³/mol. The molecule has 5 amide bonds. The number of carbonyl (C=O) groups excluding carboxylic acids is 4. The summed E-state index contributed by atoms with van der Waals surface area (Å²) in [7, 11) is 2.02. The zero-order valence-corrected chi connectivity index (χ0v) is 30.1. The van der Waals surface area contributed by atoms with Crippen LogP contribution >= 0.6 is 0 Å². The predicted octanol–water partition coefficient (Wildman–Crippen LogP) is 4.52. The lowest BCUT2D eigenvalue weighted by molar-refractivity contribution is -0.120. The van der Waals surface area contributed by atoms with Crippen LogP contribution in [0.4, 0.5) is 26.2 Å². The van der Waals surface area contributed by atoms with E-state index in [1.807, 2.05) is 24.6 Å². The van der Waals surface area contributed by atoms with E-state index < -0.39 is 6.03 Å². The number of pyridine rings is 1. The number of hydrogen-bond donors (Lipinski definition) is 3. The number of nitrogens with one attached hydrogen (secondary N) is 3. The van der Waals surface area contributed by atoms with E-state index in [0.29, 0.717) is 54.0 Å². The molecule has 6 heterocycles. The average molecular weight is 733 g/mol. The van der Waals surface area contributed by atoms with E-state index in [2.05, 4.69) is 60.1 Å². The molecule has 3 aliphatic heterocycles. The molecule has 54 heavy (non-hydrogen) atoms. The quantitative estimate of drug-likeness (QED) is 0.200. The number of benzene rings is 2. The Morgan fingerprint density at radius 2 is 1.78 bits per heavy atom. The second-order valence-electron chi connectivity index (χ2n) is 14.3. The second kappa shape index (κ2) is 14.4. The minimum atomic E-state index is -0.527. The molecule has 0 aliphatic carbocycles. The number of rotatable bonds is 9. The number of fused-ring (bicyclic) bond motifs is 3. The van der Waals surface area contributed by atoms with Crippen molar-refractivity contribution in [2.24, 2.45) is 0 Å². The Morgan fingerprint density at radius 3 is 2.54 bits per heavy atom. The first-order chi connectivity index (χ1) is 26.1. The summed E-state index contributed by atoms with van der Waals surface area (Å²) in [4.78, 5) is 59.7. The maximum Gasteiger partial charge on any atom is 0.328 e. The fourth-order valence-corrected chi connectivity index (χ4v) is 7.58. The summed E-state index contributed by atoms with van der Waals surface area (Å²) in [6.07, 6.45) is 5.47. The van der Waals surface area contributed by atoms with Crippen LogP contribution in [0, 0.1) is 5.82 Å². The van der Waals surface area contributed by atoms with E-state index in [1.165, 1.54) is 11.0 Å². The monoisotopic (exact) mass is 732 g/mol. The van der Waals surface area contributed by atoms with Crippen molar-refractivity contribution in [1.82, 2.24) is 34.9 Å². The van der Waals surface area contributed by atoms with Gasteiger partial charge in [-0.25, -0.2) is 14.2 Å². The largest absolute Gasteiger partial charge is 0.371 e. The third kappa shape index (κ3) is 7.01. The minimum absolute atomic E-state index is 0.0257. The molecule has 0 radical (unpaired) electrons. The third-order valence-electron chi connectivity index (χ3n) is 10.6. The smallest absolute Gasteiger partial charge is 0.328 e. The Morgan fingerprint density at radius 1 is 1.00 bits per heavy atom. The molecule has 14 nitrogen and oxygen atoms in total. The van der Waals surface area contributed by atoms with Crippen molar-refractivity contribution >= 4 is 51.8 Å². The first-order valence-electron chi connectivity index (χ1n) is 18.2. The molecule has 15 heteroatoms. The first kappa shape index (κ1) is 35.0. The highest BCUT2D eigenvalue weighted by Gasteiger charge is 2.28. The van der Waals surface area contributed by atoms with Crippen molar-refractivity contribution in [1.29, 1.82) is 0 Å². The zero-order chi connectivity index (χ0) is 37.5. The Hall–Kier alpha value is -6.09. The number of amides is 5. The van der Waals surface area contributed by atoms with Crippen molar-refractivity contribution in [3.05, 3.63) is 101 Å². The van der Waals surface area contributed by atoms with E-state index in [0.717, 1.165) is 42.6 Å². The van der Waals surface area contributed by atoms with Gasteiger partial charge in [-0.1, -0.05) is 18.2 Å². The van der Waals surface area contributed by atoms with E-state index >= 15 is 4.39 Å². The van der Waals surface area contributed by atoms with E-state index in [-0.39, 0.29) is 48.2 Å². The Balaban J connectivity index is 0.824. The molecule has 8 rings (SSSR count). The number of aromatic nitrogens is 4. The molecule has 0 bridgehead atoms. The molecule has 278 valence electrons. The molecular formula is C39H41FN10O4. The minimum Gasteiger partial charge on any atom is -0.371 e. The molecule has 2 fully saturated rings. The number of carbonyl (C=O) groups is 4. The summed E-state index contributed by atoms with van der Waals surface area (Å²) in [5.41, 5.74) is 5.18. The molecule has 0 unspecified atom stereocenters. The number of nitrogens with zero attached hydrogens (tertiary/aromatic N) is 7. The molecule has 3 aromatic heterocycles. The maximum atomic E-state index is 15.1. The number of piperidine rings is 1. The molecule has 0 saturated carbocycles. The number of anilines is 3. The molecule has 0 spiro atoms. The van der Waals surface area contributed by atoms with Crippen molar-refractivity contribution in [2.75, 3.05) is 48.3 Å². The molecule has 2 aromatic carbocycles. The summed E-state index contributed by atoms with van der Waals surface area (Å²) in [5.74, 6) is -1.19. The van der Waals surface area contributed by atoms with Crippen LogP contribution in [-0.2, 0) is 17.9 Å². The van der Waals surface area contributed by atoms with E-state index in [1.54, 1.807) is 41.3 Å². The van der Waals surface area contributed by atoms with Gasteiger partial charge in [-0.3, -0.25) is 34.2 Å². The van der Waals surface area contributed by atoms with Crippen LogP contribution < -0.4 is 25.8 Å². The zero-order valence-electron chi connectivity index (χ0n) is 30.1. The van der Waals surface area contributed by atoms with Crippen molar-refractivity contribution < 1.29 is 23.6 Å². The van der Waals surface area contributed by atoms with Gasteiger partial charge >= 0.3 is 6.03 Å². The SMILES string of the molecule is C[C@@H]1CNC(=O)c2cc3ccc(C(=O)Nc4cnn(Cc5ccc(N6CCC(N(C)Cc7ccc(N8CCC(=O)NC8=O)cc7F)CC6)cc5)c4)nc3n21. The topological polar surface area (TPSA) is 150 Å². The number of urea groups is 1. The lowest BCUT2D eigenvalue weighted by Crippen LogP contribution is -2.49. The maximum absolute atomic E-state index is 15.1. The van der Waals surface area contributed by atoms with Gasteiger partial charge < -0.3 is 20.1 Å². The number of halogens is 1. The highest BCUT2D eigenvalue weighted by Crippen LogP contribution is 2.28. The summed E-state index contributed by atoms with van der Waals surface area (Å²) in [6.45, 7) is 5.49. The Bertz CT molecular complexity index is 2260. The molecular weight excluding hydrogens is 691 g/mol. The van der Waals surface area contributed by atoms with E-state index in [4.69, 9.17) is 0 Å². The standard InChI is InChI=1S/C39H41FN10O4/c1-24-19-41-38(53)34-17-26-6-10-33(44-36(26)50(24)34)37(52)43-28-20-42-48(23-28)21-25-3-7-30(8-4-25)47-14-11-29(12-15-47)46(2)22-27-5-9-31(18-32(27)40)49-16-13-35(51)45-39(49)54/h3-10,17-18,20,23-24,29H,11-16,19,21-22H2,1-2H3,(H,41,53)(H,43,52)(H,45,51,54)/t24-/m1/s1. The van der Waals surface area contributed by atoms with Gasteiger partial charge in [0.05, 0.1) is 24.5 Å². The highest BCUT2D eigenvalue weighted by molar-refractivity contribution is 6.06. The molecule has 3 aliphatic rings. The van der Waals surface area contributed by atoms with Crippen LogP contribution in [0.25, 0.3) is 11.0 Å². The summed E-state index contributed by atoms with van der Waals surface area (Å²) < 4.78 is 18.8. The molecule has 2 saturated heterocycles. The summed E-state index contributed by atoms with van der Waals surface area (Å²) >= 11 is 0. The van der Waals surface area contributed by atoms with Gasteiger partial charge in [-0.05, 0) is 74.8 Å². The fraction of sp³-hybridized carbons (Fsp3) is 0.333. The Kier molecular flexibility index (Phi) is 9.31. The fourth-order valence-electron chi connectivity index (χ4n) is 7.58. The van der Waals surface area contributed by atoms with Crippen LogP contribution in [0.1, 0.15) is 64.3 Å². The van der Waals surface area contributed by atoms with Gasteiger partial charge in [0.25, 0.3) is 11.8 Å². The van der Waals surface area contributed by atoms with Gasteiger partial charge in [-0.15, -0.1) is 0 Å².